The van der Waals surface area contributed by atoms with Crippen LogP contribution in [0.15, 0.2) is 35.0 Å². The van der Waals surface area contributed by atoms with Crippen LogP contribution in [0.2, 0.25) is 0 Å². The van der Waals surface area contributed by atoms with Crippen molar-refractivity contribution in [3.63, 3.8) is 0 Å². The lowest BCUT2D eigenvalue weighted by Gasteiger charge is -1.99. The predicted octanol–water partition coefficient (Wildman–Crippen LogP) is 3.14. The number of nitrogens with two attached hydrogens (primary N) is 1. The van der Waals surface area contributed by atoms with Crippen LogP contribution in [0, 0.1) is 5.82 Å². The van der Waals surface area contributed by atoms with Crippen molar-refractivity contribution in [2.45, 2.75) is 0 Å². The summed E-state index contributed by atoms with van der Waals surface area (Å²) in [5, 5.41) is 3.77. The van der Waals surface area contributed by atoms with Crippen LogP contribution in [-0.2, 0) is 0 Å². The molecule has 0 saturated heterocycles. The molecule has 0 saturated carbocycles. The monoisotopic (exact) mass is 193 g/mol. The first-order valence-corrected chi connectivity index (χ1v) is 4.79. The van der Waals surface area contributed by atoms with Gasteiger partial charge in [0.1, 0.15) is 5.82 Å². The lowest BCUT2D eigenvalue weighted by Crippen LogP contribution is -1.85. The summed E-state index contributed by atoms with van der Waals surface area (Å²) >= 11 is 1.52. The van der Waals surface area contributed by atoms with E-state index < -0.39 is 0 Å². The lowest BCUT2D eigenvalue weighted by molar-refractivity contribution is 0.628. The number of benzene rings is 1. The van der Waals surface area contributed by atoms with Crippen molar-refractivity contribution in [2.24, 2.45) is 0 Å². The summed E-state index contributed by atoms with van der Waals surface area (Å²) in [7, 11) is 0. The number of anilines is 1. The third-order valence-corrected chi connectivity index (χ3v) is 2.59. The van der Waals surface area contributed by atoms with Gasteiger partial charge in [-0.25, -0.2) is 4.39 Å². The summed E-state index contributed by atoms with van der Waals surface area (Å²) in [6, 6.07) is 6.44. The molecule has 1 nitrogen and oxygen atoms in total. The number of thiophene rings is 1. The van der Waals surface area contributed by atoms with Gasteiger partial charge in [-0.1, -0.05) is 12.1 Å². The molecule has 0 atom stereocenters. The maximum atomic E-state index is 12.9. The van der Waals surface area contributed by atoms with E-state index in [1.165, 1.54) is 23.5 Å². The number of hydrogen-bond donors (Lipinski definition) is 1. The Hall–Kier alpha value is -1.35. The Morgan fingerprint density at radius 3 is 2.69 bits per heavy atom. The Kier molecular flexibility index (Phi) is 2.02. The van der Waals surface area contributed by atoms with E-state index in [2.05, 4.69) is 0 Å². The molecule has 13 heavy (non-hydrogen) atoms. The maximum Gasteiger partial charge on any atom is 0.123 e. The standard InChI is InChI=1S/C10H8FNS/c11-8-3-1-2-7(4-8)9-5-13-6-10(9)12/h1-6H,12H2. The Morgan fingerprint density at radius 1 is 1.23 bits per heavy atom. The van der Waals surface area contributed by atoms with Gasteiger partial charge in [0, 0.05) is 16.3 Å². The van der Waals surface area contributed by atoms with Crippen LogP contribution in [0.3, 0.4) is 0 Å². The fourth-order valence-electron chi connectivity index (χ4n) is 1.20. The van der Waals surface area contributed by atoms with Crippen LogP contribution in [0.5, 0.6) is 0 Å². The van der Waals surface area contributed by atoms with Gasteiger partial charge in [0.2, 0.25) is 0 Å². The average Bonchev–Trinajstić information content (AvgIpc) is 2.51. The van der Waals surface area contributed by atoms with Gasteiger partial charge in [-0.3, -0.25) is 0 Å². The van der Waals surface area contributed by atoms with E-state index in [-0.39, 0.29) is 5.82 Å². The van der Waals surface area contributed by atoms with Crippen LogP contribution in [-0.4, -0.2) is 0 Å². The van der Waals surface area contributed by atoms with Crippen molar-refractivity contribution in [3.05, 3.63) is 40.8 Å². The molecule has 1 aromatic carbocycles. The highest BCUT2D eigenvalue weighted by molar-refractivity contribution is 7.08. The largest absolute Gasteiger partial charge is 0.398 e. The van der Waals surface area contributed by atoms with Crippen molar-refractivity contribution >= 4 is 17.0 Å². The average molecular weight is 193 g/mol. The van der Waals surface area contributed by atoms with Gasteiger partial charge in [0.05, 0.1) is 5.69 Å². The second kappa shape index (κ2) is 3.18. The van der Waals surface area contributed by atoms with Gasteiger partial charge in [0.25, 0.3) is 0 Å². The Labute approximate surface area is 79.6 Å². The molecule has 2 rings (SSSR count). The molecule has 1 heterocycles. The molecule has 2 N–H and O–H groups in total. The van der Waals surface area contributed by atoms with Gasteiger partial charge < -0.3 is 5.73 Å². The molecule has 0 fully saturated rings. The number of hydrogen-bond acceptors (Lipinski definition) is 2. The van der Waals surface area contributed by atoms with Crippen molar-refractivity contribution < 1.29 is 4.39 Å². The summed E-state index contributed by atoms with van der Waals surface area (Å²) in [5.41, 5.74) is 8.15. The Bertz CT molecular complexity index is 422. The molecule has 1 aromatic heterocycles. The molecule has 0 aliphatic carbocycles. The van der Waals surface area contributed by atoms with Gasteiger partial charge in [-0.05, 0) is 17.7 Å². The summed E-state index contributed by atoms with van der Waals surface area (Å²) in [4.78, 5) is 0. The first-order valence-electron chi connectivity index (χ1n) is 3.85. The summed E-state index contributed by atoms with van der Waals surface area (Å²) in [6.07, 6.45) is 0. The van der Waals surface area contributed by atoms with Gasteiger partial charge >= 0.3 is 0 Å². The van der Waals surface area contributed by atoms with E-state index in [1.54, 1.807) is 6.07 Å². The molecule has 0 spiro atoms. The zero-order valence-electron chi connectivity index (χ0n) is 6.83. The van der Waals surface area contributed by atoms with Gasteiger partial charge in [-0.15, -0.1) is 11.3 Å². The quantitative estimate of drug-likeness (QED) is 0.739. The number of halogens is 1. The molecule has 3 heteroatoms. The molecule has 0 amide bonds. The van der Waals surface area contributed by atoms with Gasteiger partial charge in [0.15, 0.2) is 0 Å². The smallest absolute Gasteiger partial charge is 0.123 e. The van der Waals surface area contributed by atoms with Crippen molar-refractivity contribution in [3.8, 4) is 11.1 Å². The van der Waals surface area contributed by atoms with E-state index in [0.29, 0.717) is 5.69 Å². The van der Waals surface area contributed by atoms with E-state index in [1.807, 2.05) is 16.8 Å². The fourth-order valence-corrected chi connectivity index (χ4v) is 1.95. The first kappa shape index (κ1) is 8.26. The fraction of sp³-hybridized carbons (Fsp3) is 0. The summed E-state index contributed by atoms with van der Waals surface area (Å²) < 4.78 is 12.9. The maximum absolute atomic E-state index is 12.9. The van der Waals surface area contributed by atoms with Gasteiger partial charge in [-0.2, -0.15) is 0 Å². The van der Waals surface area contributed by atoms with Crippen LogP contribution < -0.4 is 5.73 Å². The van der Waals surface area contributed by atoms with Crippen molar-refractivity contribution in [1.82, 2.24) is 0 Å². The van der Waals surface area contributed by atoms with E-state index in [9.17, 15) is 4.39 Å². The van der Waals surface area contributed by atoms with Crippen LogP contribution in [0.4, 0.5) is 10.1 Å². The highest BCUT2D eigenvalue weighted by Crippen LogP contribution is 2.29. The van der Waals surface area contributed by atoms with E-state index in [4.69, 9.17) is 5.73 Å². The zero-order chi connectivity index (χ0) is 9.26. The normalized spacial score (nSPS) is 10.2. The highest BCUT2D eigenvalue weighted by atomic mass is 32.1. The predicted molar refractivity (Wildman–Crippen MR) is 54.1 cm³/mol. The molecule has 0 radical (unpaired) electrons. The zero-order valence-corrected chi connectivity index (χ0v) is 7.64. The minimum absolute atomic E-state index is 0.233. The molecular formula is C10H8FNS. The molecule has 2 aromatic rings. The SMILES string of the molecule is Nc1cscc1-c1cccc(F)c1. The second-order valence-electron chi connectivity index (χ2n) is 2.75. The Balaban J connectivity index is 2.53. The van der Waals surface area contributed by atoms with Crippen molar-refractivity contribution in [2.75, 3.05) is 5.73 Å². The summed E-state index contributed by atoms with van der Waals surface area (Å²) in [5.74, 6) is -0.233. The molecular weight excluding hydrogens is 185 g/mol. The third-order valence-electron chi connectivity index (χ3n) is 1.83. The van der Waals surface area contributed by atoms with E-state index >= 15 is 0 Å². The topological polar surface area (TPSA) is 26.0 Å². The highest BCUT2D eigenvalue weighted by Gasteiger charge is 2.03. The molecule has 0 unspecified atom stereocenters. The summed E-state index contributed by atoms with van der Waals surface area (Å²) in [6.45, 7) is 0. The third kappa shape index (κ3) is 1.55. The second-order valence-corrected chi connectivity index (χ2v) is 3.49. The molecule has 66 valence electrons. The van der Waals surface area contributed by atoms with Crippen LogP contribution >= 0.6 is 11.3 Å². The van der Waals surface area contributed by atoms with Crippen LogP contribution in [0.1, 0.15) is 0 Å². The molecule has 0 bridgehead atoms. The lowest BCUT2D eigenvalue weighted by atomic mass is 10.1. The van der Waals surface area contributed by atoms with E-state index in [0.717, 1.165) is 11.1 Å². The van der Waals surface area contributed by atoms with Crippen molar-refractivity contribution in [1.29, 1.82) is 0 Å². The number of rotatable bonds is 1. The Morgan fingerprint density at radius 2 is 2.08 bits per heavy atom. The van der Waals surface area contributed by atoms with Crippen LogP contribution in [0.25, 0.3) is 11.1 Å². The first-order chi connectivity index (χ1) is 6.27. The minimum atomic E-state index is -0.233. The molecule has 0 aliphatic rings. The minimum Gasteiger partial charge on any atom is -0.398 e. The number of nitrogen functional groups attached to an aromatic ring is 1. The molecule has 0 aliphatic heterocycles.